The summed E-state index contributed by atoms with van der Waals surface area (Å²) < 4.78 is 13.4. The maximum atomic E-state index is 13.4. The van der Waals surface area contributed by atoms with E-state index in [0.29, 0.717) is 12.0 Å². The molecule has 4 heteroatoms. The molecule has 2 atom stereocenters. The van der Waals surface area contributed by atoms with Gasteiger partial charge in [0.15, 0.2) is 0 Å². The number of hydrogen-bond acceptors (Lipinski definition) is 2. The fraction of sp³-hybridized carbons (Fsp3) is 0.478. The van der Waals surface area contributed by atoms with Gasteiger partial charge in [-0.1, -0.05) is 43.6 Å². The van der Waals surface area contributed by atoms with Gasteiger partial charge in [0, 0.05) is 42.2 Å². The monoisotopic (exact) mass is 386 g/mol. The second-order valence-electron chi connectivity index (χ2n) is 8.01. The summed E-state index contributed by atoms with van der Waals surface area (Å²) in [5.41, 5.74) is 4.08. The van der Waals surface area contributed by atoms with Gasteiger partial charge in [0.1, 0.15) is 5.82 Å². The number of hydrogen-bond donors (Lipinski definition) is 1. The molecule has 2 nitrogen and oxygen atoms in total. The maximum absolute atomic E-state index is 13.4. The maximum Gasteiger partial charge on any atom is 0.123 e. The third-order valence-corrected chi connectivity index (χ3v) is 6.95. The molecule has 1 saturated heterocycles. The highest BCUT2D eigenvalue weighted by atomic mass is 35.5. The first kappa shape index (κ1) is 18.9. The summed E-state index contributed by atoms with van der Waals surface area (Å²) in [5.74, 6) is 0.123. The summed E-state index contributed by atoms with van der Waals surface area (Å²) in [5, 5.41) is 4.56. The smallest absolute Gasteiger partial charge is 0.123 e. The molecule has 0 bridgehead atoms. The van der Waals surface area contributed by atoms with E-state index in [0.717, 1.165) is 43.9 Å². The zero-order valence-electron chi connectivity index (χ0n) is 16.1. The van der Waals surface area contributed by atoms with Crippen LogP contribution in [0.15, 0.2) is 42.5 Å². The van der Waals surface area contributed by atoms with Gasteiger partial charge >= 0.3 is 0 Å². The second-order valence-corrected chi connectivity index (χ2v) is 8.45. The topological polar surface area (TPSA) is 15.3 Å². The highest BCUT2D eigenvalue weighted by molar-refractivity contribution is 6.30. The van der Waals surface area contributed by atoms with Crippen molar-refractivity contribution in [1.82, 2.24) is 10.2 Å². The molecule has 27 heavy (non-hydrogen) atoms. The predicted molar refractivity (Wildman–Crippen MR) is 110 cm³/mol. The molecule has 2 aromatic carbocycles. The molecule has 1 heterocycles. The van der Waals surface area contributed by atoms with E-state index < -0.39 is 0 Å². The zero-order valence-corrected chi connectivity index (χ0v) is 16.9. The third kappa shape index (κ3) is 3.53. The molecule has 0 unspecified atom stereocenters. The van der Waals surface area contributed by atoms with Crippen molar-refractivity contribution in [3.8, 4) is 0 Å². The Balaban J connectivity index is 1.68. The minimum absolute atomic E-state index is 0.178. The number of rotatable bonds is 4. The second kappa shape index (κ2) is 7.54. The Morgan fingerprint density at radius 3 is 2.56 bits per heavy atom. The minimum Gasteiger partial charge on any atom is -0.309 e. The van der Waals surface area contributed by atoms with E-state index in [1.54, 1.807) is 12.1 Å². The van der Waals surface area contributed by atoms with Crippen molar-refractivity contribution >= 4 is 11.6 Å². The summed E-state index contributed by atoms with van der Waals surface area (Å²) in [6.45, 7) is 7.69. The minimum atomic E-state index is -0.178. The number of halogens is 2. The van der Waals surface area contributed by atoms with Crippen LogP contribution in [0.3, 0.4) is 0 Å². The number of nitrogens with one attached hydrogen (secondary N) is 1. The number of piperazine rings is 1. The summed E-state index contributed by atoms with van der Waals surface area (Å²) in [6, 6.07) is 13.7. The SMILES string of the molecule is CCC1(CC)CN([C@H]2C[C@H](c3ccc(F)cc3)c3ccc(Cl)cc32)CCN1. The molecular weight excluding hydrogens is 359 g/mol. The Labute approximate surface area is 166 Å². The van der Waals surface area contributed by atoms with E-state index >= 15 is 0 Å². The van der Waals surface area contributed by atoms with Gasteiger partial charge in [0.2, 0.25) is 0 Å². The van der Waals surface area contributed by atoms with Crippen LogP contribution in [0.5, 0.6) is 0 Å². The van der Waals surface area contributed by atoms with Gasteiger partial charge in [-0.25, -0.2) is 4.39 Å². The van der Waals surface area contributed by atoms with E-state index in [9.17, 15) is 4.39 Å². The first-order chi connectivity index (χ1) is 13.0. The summed E-state index contributed by atoms with van der Waals surface area (Å²) in [6.07, 6.45) is 3.30. The third-order valence-electron chi connectivity index (χ3n) is 6.71. The van der Waals surface area contributed by atoms with Gasteiger partial charge in [-0.2, -0.15) is 0 Å². The van der Waals surface area contributed by atoms with Crippen molar-refractivity contribution in [2.24, 2.45) is 0 Å². The van der Waals surface area contributed by atoms with Crippen LogP contribution in [-0.4, -0.2) is 30.1 Å². The fourth-order valence-corrected chi connectivity index (χ4v) is 5.14. The van der Waals surface area contributed by atoms with Crippen molar-refractivity contribution in [2.75, 3.05) is 19.6 Å². The Morgan fingerprint density at radius 1 is 1.11 bits per heavy atom. The first-order valence-electron chi connectivity index (χ1n) is 10.1. The number of benzene rings is 2. The summed E-state index contributed by atoms with van der Waals surface area (Å²) >= 11 is 6.37. The Bertz CT molecular complexity index is 801. The lowest BCUT2D eigenvalue weighted by Crippen LogP contribution is -2.60. The van der Waals surface area contributed by atoms with Gasteiger partial charge in [0.25, 0.3) is 0 Å². The molecule has 4 rings (SSSR count). The van der Waals surface area contributed by atoms with E-state index in [4.69, 9.17) is 11.6 Å². The van der Waals surface area contributed by atoms with Crippen LogP contribution < -0.4 is 5.32 Å². The fourth-order valence-electron chi connectivity index (χ4n) is 4.96. The van der Waals surface area contributed by atoms with E-state index in [1.165, 1.54) is 16.7 Å². The molecule has 2 aliphatic rings. The average Bonchev–Trinajstić information content (AvgIpc) is 3.07. The van der Waals surface area contributed by atoms with Crippen LogP contribution in [0.2, 0.25) is 5.02 Å². The van der Waals surface area contributed by atoms with Gasteiger partial charge in [0.05, 0.1) is 0 Å². The van der Waals surface area contributed by atoms with Crippen LogP contribution >= 0.6 is 11.6 Å². The van der Waals surface area contributed by atoms with Gasteiger partial charge < -0.3 is 5.32 Å². The van der Waals surface area contributed by atoms with Crippen LogP contribution in [0.4, 0.5) is 4.39 Å². The molecule has 1 fully saturated rings. The van der Waals surface area contributed by atoms with Crippen molar-refractivity contribution in [1.29, 1.82) is 0 Å². The molecular formula is C23H28ClFN2. The van der Waals surface area contributed by atoms with Crippen molar-refractivity contribution in [3.05, 3.63) is 70.0 Å². The van der Waals surface area contributed by atoms with Crippen molar-refractivity contribution in [3.63, 3.8) is 0 Å². The molecule has 144 valence electrons. The first-order valence-corrected chi connectivity index (χ1v) is 10.5. The Hall–Kier alpha value is -1.42. The Morgan fingerprint density at radius 2 is 1.85 bits per heavy atom. The van der Waals surface area contributed by atoms with Crippen molar-refractivity contribution < 1.29 is 4.39 Å². The molecule has 0 aromatic heterocycles. The van der Waals surface area contributed by atoms with Crippen molar-refractivity contribution in [2.45, 2.75) is 50.6 Å². The average molecular weight is 387 g/mol. The lowest BCUT2D eigenvalue weighted by atomic mass is 9.89. The molecule has 0 radical (unpaired) electrons. The molecule has 0 saturated carbocycles. The molecule has 2 aromatic rings. The predicted octanol–water partition coefficient (Wildman–Crippen LogP) is 5.52. The lowest BCUT2D eigenvalue weighted by molar-refractivity contribution is 0.0844. The molecule has 0 amide bonds. The number of fused-ring (bicyclic) bond motifs is 1. The Kier molecular flexibility index (Phi) is 5.28. The summed E-state index contributed by atoms with van der Waals surface area (Å²) in [7, 11) is 0. The number of nitrogens with zero attached hydrogens (tertiary/aromatic N) is 1. The van der Waals surface area contributed by atoms with Gasteiger partial charge in [-0.3, -0.25) is 4.90 Å². The van der Waals surface area contributed by atoms with E-state index in [2.05, 4.69) is 36.2 Å². The van der Waals surface area contributed by atoms with Gasteiger partial charge in [-0.15, -0.1) is 0 Å². The van der Waals surface area contributed by atoms with E-state index in [-0.39, 0.29) is 11.4 Å². The largest absolute Gasteiger partial charge is 0.309 e. The zero-order chi connectivity index (χ0) is 19.0. The molecule has 1 aliphatic carbocycles. The van der Waals surface area contributed by atoms with Crippen LogP contribution in [0.25, 0.3) is 0 Å². The quantitative estimate of drug-likeness (QED) is 0.744. The van der Waals surface area contributed by atoms with E-state index in [1.807, 2.05) is 18.2 Å². The van der Waals surface area contributed by atoms with Gasteiger partial charge in [-0.05, 0) is 60.2 Å². The molecule has 0 spiro atoms. The molecule has 1 N–H and O–H groups in total. The lowest BCUT2D eigenvalue weighted by Gasteiger charge is -2.45. The summed E-state index contributed by atoms with van der Waals surface area (Å²) in [4.78, 5) is 2.64. The van der Waals surface area contributed by atoms with Crippen LogP contribution in [0.1, 0.15) is 61.8 Å². The normalized spacial score (nSPS) is 24.7. The highest BCUT2D eigenvalue weighted by Crippen LogP contribution is 2.48. The molecule has 1 aliphatic heterocycles. The van der Waals surface area contributed by atoms with Crippen LogP contribution in [0, 0.1) is 5.82 Å². The van der Waals surface area contributed by atoms with Crippen LogP contribution in [-0.2, 0) is 0 Å². The standard InChI is InChI=1S/C23H28ClFN2/c1-3-23(4-2)15-27(12-11-26-23)22-14-20(16-5-8-18(25)9-6-16)19-10-7-17(24)13-21(19)22/h5-10,13,20,22,26H,3-4,11-12,14-15H2,1-2H3/t20-,22+/m1/s1. The highest BCUT2D eigenvalue weighted by Gasteiger charge is 2.40.